The molecule has 1 aliphatic heterocycles. The predicted octanol–water partition coefficient (Wildman–Crippen LogP) is 3.54. The first-order valence-corrected chi connectivity index (χ1v) is 7.75. The van der Waals surface area contributed by atoms with Gasteiger partial charge in [0.25, 0.3) is 0 Å². The van der Waals surface area contributed by atoms with E-state index in [1.54, 1.807) is 43.5 Å². The van der Waals surface area contributed by atoms with Gasteiger partial charge in [-0.15, -0.1) is 11.6 Å². The Balaban J connectivity index is 1.93. The maximum Gasteiger partial charge on any atom is 0.329 e. The summed E-state index contributed by atoms with van der Waals surface area (Å²) in [6.07, 6.45) is 3.21. The molecule has 0 saturated carbocycles. The first-order valence-electron chi connectivity index (χ1n) is 7.32. The van der Waals surface area contributed by atoms with Crippen LogP contribution in [0.3, 0.4) is 0 Å². The van der Waals surface area contributed by atoms with Crippen molar-refractivity contribution in [3.63, 3.8) is 0 Å². The minimum Gasteiger partial charge on any atom is -0.452 e. The summed E-state index contributed by atoms with van der Waals surface area (Å²) in [5.74, 6) is 0.0875. The smallest absolute Gasteiger partial charge is 0.329 e. The van der Waals surface area contributed by atoms with Crippen molar-refractivity contribution >= 4 is 29.4 Å². The zero-order chi connectivity index (χ0) is 17.3. The molecule has 0 saturated heterocycles. The van der Waals surface area contributed by atoms with E-state index in [-0.39, 0.29) is 11.5 Å². The number of rotatable bonds is 3. The number of ether oxygens (including phenoxy) is 2. The number of pyridine rings is 1. The maximum atomic E-state index is 12.4. The summed E-state index contributed by atoms with van der Waals surface area (Å²) < 4.78 is 10.9. The lowest BCUT2D eigenvalue weighted by molar-refractivity contribution is -0.133. The van der Waals surface area contributed by atoms with Crippen molar-refractivity contribution in [3.8, 4) is 11.5 Å². The van der Waals surface area contributed by atoms with E-state index in [1.807, 2.05) is 6.07 Å². The van der Waals surface area contributed by atoms with Gasteiger partial charge in [-0.1, -0.05) is 6.07 Å². The minimum absolute atomic E-state index is 0.181. The number of carbonyl (C=O) groups excluding carboxylic acids is 2. The highest BCUT2D eigenvalue weighted by Gasteiger charge is 2.30. The summed E-state index contributed by atoms with van der Waals surface area (Å²) in [7, 11) is 0. The number of Topliss-reactive ketones (excluding diaryl/α,β-unsaturated/α-hetero) is 1. The van der Waals surface area contributed by atoms with Crippen LogP contribution in [0.1, 0.15) is 28.5 Å². The number of halogens is 1. The molecule has 3 rings (SSSR count). The average molecular weight is 344 g/mol. The molecule has 0 N–H and O–H groups in total. The normalized spacial score (nSPS) is 15.8. The van der Waals surface area contributed by atoms with E-state index >= 15 is 0 Å². The SMILES string of the molecule is Cc1c(OC(=O)C(C)Cl)ccc2c1O/C(=C\c1ccccn1)C2=O. The molecule has 1 aliphatic rings. The van der Waals surface area contributed by atoms with E-state index in [4.69, 9.17) is 21.1 Å². The number of hydrogen-bond acceptors (Lipinski definition) is 5. The molecule has 6 heteroatoms. The van der Waals surface area contributed by atoms with Crippen molar-refractivity contribution in [2.75, 3.05) is 0 Å². The first-order chi connectivity index (χ1) is 11.5. The quantitative estimate of drug-likeness (QED) is 0.369. The number of alkyl halides is 1. The summed E-state index contributed by atoms with van der Waals surface area (Å²) in [6.45, 7) is 3.25. The fourth-order valence-electron chi connectivity index (χ4n) is 2.26. The van der Waals surface area contributed by atoms with Gasteiger partial charge in [0.05, 0.1) is 11.3 Å². The van der Waals surface area contributed by atoms with Gasteiger partial charge in [0.2, 0.25) is 5.78 Å². The van der Waals surface area contributed by atoms with E-state index in [2.05, 4.69) is 4.98 Å². The lowest BCUT2D eigenvalue weighted by atomic mass is 10.1. The Kier molecular flexibility index (Phi) is 4.36. The van der Waals surface area contributed by atoms with Crippen LogP contribution in [0.5, 0.6) is 11.5 Å². The van der Waals surface area contributed by atoms with Crippen molar-refractivity contribution < 1.29 is 19.1 Å². The largest absolute Gasteiger partial charge is 0.452 e. The second kappa shape index (κ2) is 6.45. The van der Waals surface area contributed by atoms with Crippen LogP contribution < -0.4 is 9.47 Å². The minimum atomic E-state index is -0.764. The average Bonchev–Trinajstić information content (AvgIpc) is 2.88. The number of benzene rings is 1. The molecular weight excluding hydrogens is 330 g/mol. The molecule has 2 heterocycles. The van der Waals surface area contributed by atoms with Gasteiger partial charge in [0, 0.05) is 17.8 Å². The molecule has 1 aromatic carbocycles. The number of carbonyl (C=O) groups is 2. The van der Waals surface area contributed by atoms with E-state index < -0.39 is 11.3 Å². The number of aromatic nitrogens is 1. The van der Waals surface area contributed by atoms with Crippen LogP contribution in [-0.4, -0.2) is 22.1 Å². The highest BCUT2D eigenvalue weighted by atomic mass is 35.5. The topological polar surface area (TPSA) is 65.5 Å². The molecule has 5 nitrogen and oxygen atoms in total. The Hall–Kier alpha value is -2.66. The van der Waals surface area contributed by atoms with Crippen LogP contribution in [0.25, 0.3) is 6.08 Å². The number of hydrogen-bond donors (Lipinski definition) is 0. The summed E-state index contributed by atoms with van der Waals surface area (Å²) >= 11 is 5.71. The summed E-state index contributed by atoms with van der Waals surface area (Å²) in [6, 6.07) is 8.52. The third kappa shape index (κ3) is 3.03. The van der Waals surface area contributed by atoms with E-state index in [9.17, 15) is 9.59 Å². The molecule has 1 unspecified atom stereocenters. The molecule has 1 atom stereocenters. The van der Waals surface area contributed by atoms with Crippen molar-refractivity contribution in [2.24, 2.45) is 0 Å². The van der Waals surface area contributed by atoms with Crippen LogP contribution in [0.2, 0.25) is 0 Å². The number of ketones is 1. The van der Waals surface area contributed by atoms with Crippen LogP contribution in [-0.2, 0) is 4.79 Å². The number of allylic oxidation sites excluding steroid dienone is 1. The molecule has 122 valence electrons. The summed E-state index contributed by atoms with van der Waals surface area (Å²) in [4.78, 5) is 28.2. The third-order valence-electron chi connectivity index (χ3n) is 3.54. The zero-order valence-corrected chi connectivity index (χ0v) is 13.8. The molecule has 0 radical (unpaired) electrons. The Labute approximate surface area is 143 Å². The Morgan fingerprint density at radius 2 is 2.12 bits per heavy atom. The predicted molar refractivity (Wildman–Crippen MR) is 89.3 cm³/mol. The molecule has 0 amide bonds. The second-order valence-electron chi connectivity index (χ2n) is 5.30. The number of esters is 1. The number of fused-ring (bicyclic) bond motifs is 1. The van der Waals surface area contributed by atoms with Crippen molar-refractivity contribution in [1.82, 2.24) is 4.98 Å². The molecule has 0 spiro atoms. The Morgan fingerprint density at radius 1 is 1.33 bits per heavy atom. The molecular formula is C18H14ClNO4. The van der Waals surface area contributed by atoms with Gasteiger partial charge in [0.15, 0.2) is 5.76 Å². The van der Waals surface area contributed by atoms with Crippen molar-refractivity contribution in [3.05, 3.63) is 59.1 Å². The van der Waals surface area contributed by atoms with Gasteiger partial charge < -0.3 is 9.47 Å². The summed E-state index contributed by atoms with van der Waals surface area (Å²) in [5, 5.41) is -0.764. The molecule has 0 bridgehead atoms. The molecule has 24 heavy (non-hydrogen) atoms. The van der Waals surface area contributed by atoms with E-state index in [1.165, 1.54) is 6.92 Å². The fraction of sp³-hybridized carbons (Fsp3) is 0.167. The van der Waals surface area contributed by atoms with Crippen molar-refractivity contribution in [2.45, 2.75) is 19.2 Å². The fourth-order valence-corrected chi connectivity index (χ4v) is 2.31. The van der Waals surface area contributed by atoms with Gasteiger partial charge in [-0.25, -0.2) is 0 Å². The van der Waals surface area contributed by atoms with Crippen LogP contribution in [0.15, 0.2) is 42.3 Å². The van der Waals surface area contributed by atoms with Gasteiger partial charge in [-0.3, -0.25) is 14.6 Å². The Bertz CT molecular complexity index is 844. The summed E-state index contributed by atoms with van der Waals surface area (Å²) in [5.41, 5.74) is 1.61. The van der Waals surface area contributed by atoms with Crippen LogP contribution in [0, 0.1) is 6.92 Å². The molecule has 0 aliphatic carbocycles. The Morgan fingerprint density at radius 3 is 2.79 bits per heavy atom. The monoisotopic (exact) mass is 343 g/mol. The third-order valence-corrected chi connectivity index (χ3v) is 3.72. The van der Waals surface area contributed by atoms with E-state index in [0.29, 0.717) is 28.3 Å². The highest BCUT2D eigenvalue weighted by molar-refractivity contribution is 6.29. The number of nitrogens with zero attached hydrogens (tertiary/aromatic N) is 1. The van der Waals surface area contributed by atoms with Crippen LogP contribution in [0.4, 0.5) is 0 Å². The first kappa shape index (κ1) is 16.2. The van der Waals surface area contributed by atoms with Gasteiger partial charge in [0.1, 0.15) is 16.9 Å². The second-order valence-corrected chi connectivity index (χ2v) is 5.95. The van der Waals surface area contributed by atoms with Gasteiger partial charge >= 0.3 is 5.97 Å². The molecule has 2 aromatic rings. The lowest BCUT2D eigenvalue weighted by Gasteiger charge is -2.10. The molecule has 0 fully saturated rings. The maximum absolute atomic E-state index is 12.4. The van der Waals surface area contributed by atoms with Crippen LogP contribution >= 0.6 is 11.6 Å². The van der Waals surface area contributed by atoms with Gasteiger partial charge in [-0.05, 0) is 38.1 Å². The zero-order valence-electron chi connectivity index (χ0n) is 13.1. The van der Waals surface area contributed by atoms with E-state index in [0.717, 1.165) is 0 Å². The van der Waals surface area contributed by atoms with Crippen molar-refractivity contribution in [1.29, 1.82) is 0 Å². The molecule has 1 aromatic heterocycles. The highest BCUT2D eigenvalue weighted by Crippen LogP contribution is 2.39. The standard InChI is InChI=1S/C18H14ClNO4/c1-10-14(24-18(22)11(2)19)7-6-13-16(21)15(23-17(10)13)9-12-5-3-4-8-20-12/h3-9,11H,1-2H3/b15-9-. The lowest BCUT2D eigenvalue weighted by Crippen LogP contribution is -2.18. The van der Waals surface area contributed by atoms with Gasteiger partial charge in [-0.2, -0.15) is 0 Å².